The minimum Gasteiger partial charge on any atom is -0.357 e. The number of hydrogen-bond donors (Lipinski definition) is 2. The summed E-state index contributed by atoms with van der Waals surface area (Å²) in [6.07, 6.45) is 4.96. The molecule has 38 heavy (non-hydrogen) atoms. The van der Waals surface area contributed by atoms with Crippen molar-refractivity contribution in [1.29, 1.82) is 0 Å². The third-order valence-electron chi connectivity index (χ3n) is 7.44. The van der Waals surface area contributed by atoms with Crippen molar-refractivity contribution in [3.63, 3.8) is 0 Å². The first kappa shape index (κ1) is 27.4. The minimum absolute atomic E-state index is 0.0468. The van der Waals surface area contributed by atoms with Crippen molar-refractivity contribution in [2.45, 2.75) is 52.0 Å². The molecule has 1 aliphatic carbocycles. The highest BCUT2D eigenvalue weighted by Crippen LogP contribution is 2.28. The Morgan fingerprint density at radius 3 is 2.68 bits per heavy atom. The molecule has 1 aliphatic heterocycles. The number of carbonyl (C=O) groups is 4. The first-order valence-corrected chi connectivity index (χ1v) is 13.4. The van der Waals surface area contributed by atoms with Crippen LogP contribution in [0.15, 0.2) is 18.3 Å². The van der Waals surface area contributed by atoms with E-state index in [4.69, 9.17) is 0 Å². The number of aryl methyl sites for hydroxylation is 1. The van der Waals surface area contributed by atoms with Crippen LogP contribution in [0.4, 0.5) is 0 Å². The van der Waals surface area contributed by atoms with Gasteiger partial charge in [0.2, 0.25) is 11.8 Å². The van der Waals surface area contributed by atoms with Gasteiger partial charge in [0.05, 0.1) is 6.54 Å². The molecule has 0 saturated carbocycles. The average Bonchev–Trinajstić information content (AvgIpc) is 3.53. The van der Waals surface area contributed by atoms with Crippen molar-refractivity contribution in [3.05, 3.63) is 41.0 Å². The third kappa shape index (κ3) is 6.08. The number of amides is 4. The molecular formula is C27H39N7O4. The fourth-order valence-corrected chi connectivity index (χ4v) is 5.28. The van der Waals surface area contributed by atoms with Gasteiger partial charge in [0.25, 0.3) is 11.8 Å². The Morgan fingerprint density at radius 2 is 1.97 bits per heavy atom. The van der Waals surface area contributed by atoms with Gasteiger partial charge in [0, 0.05) is 57.2 Å². The first-order chi connectivity index (χ1) is 18.2. The van der Waals surface area contributed by atoms with Crippen LogP contribution in [0.3, 0.4) is 0 Å². The van der Waals surface area contributed by atoms with Gasteiger partial charge in [-0.3, -0.25) is 23.9 Å². The number of nitrogens with one attached hydrogen (secondary N) is 2. The second kappa shape index (κ2) is 11.8. The minimum atomic E-state index is -0.299. The summed E-state index contributed by atoms with van der Waals surface area (Å²) in [7, 11) is 3.43. The molecule has 0 spiro atoms. The van der Waals surface area contributed by atoms with Crippen molar-refractivity contribution >= 4 is 23.6 Å². The summed E-state index contributed by atoms with van der Waals surface area (Å²) < 4.78 is 1.75. The van der Waals surface area contributed by atoms with Gasteiger partial charge in [-0.05, 0) is 50.2 Å². The molecule has 4 amide bonds. The molecule has 3 heterocycles. The Kier molecular flexibility index (Phi) is 8.53. The van der Waals surface area contributed by atoms with Crippen molar-refractivity contribution in [2.24, 2.45) is 13.0 Å². The first-order valence-electron chi connectivity index (χ1n) is 13.4. The Balaban J connectivity index is 1.68. The van der Waals surface area contributed by atoms with E-state index < -0.39 is 0 Å². The SMILES string of the molecule is CC(C)CCN1C(=O)CN(C(=O)c2ccc[nH]2)CCCNC(=O)CN(C)C(=O)c2nn(C)c3c2CC1CC3. The molecule has 1 unspecified atom stereocenters. The second-order valence-corrected chi connectivity index (χ2v) is 10.7. The van der Waals surface area contributed by atoms with Gasteiger partial charge in [0.15, 0.2) is 5.69 Å². The fraction of sp³-hybridized carbons (Fsp3) is 0.593. The molecule has 0 aromatic carbocycles. The fourth-order valence-electron chi connectivity index (χ4n) is 5.28. The summed E-state index contributed by atoms with van der Waals surface area (Å²) in [5.74, 6) is -0.525. The predicted octanol–water partition coefficient (Wildman–Crippen LogP) is 1.21. The Morgan fingerprint density at radius 1 is 1.18 bits per heavy atom. The largest absolute Gasteiger partial charge is 0.357 e. The van der Waals surface area contributed by atoms with E-state index in [9.17, 15) is 19.2 Å². The van der Waals surface area contributed by atoms with Crippen LogP contribution in [-0.2, 0) is 29.5 Å². The van der Waals surface area contributed by atoms with Gasteiger partial charge in [-0.2, -0.15) is 5.10 Å². The van der Waals surface area contributed by atoms with Crippen molar-refractivity contribution in [2.75, 3.05) is 39.8 Å². The van der Waals surface area contributed by atoms with Crippen molar-refractivity contribution in [1.82, 2.24) is 34.8 Å². The molecule has 2 aromatic heterocycles. The van der Waals surface area contributed by atoms with E-state index in [0.29, 0.717) is 56.2 Å². The predicted molar refractivity (Wildman–Crippen MR) is 141 cm³/mol. The number of likely N-dealkylation sites (N-methyl/N-ethyl adjacent to an activating group) is 1. The molecule has 11 nitrogen and oxygen atoms in total. The zero-order valence-corrected chi connectivity index (χ0v) is 22.8. The molecule has 4 rings (SSSR count). The van der Waals surface area contributed by atoms with Crippen LogP contribution in [-0.4, -0.2) is 98.9 Å². The number of nitrogens with zero attached hydrogens (tertiary/aromatic N) is 5. The van der Waals surface area contributed by atoms with E-state index in [0.717, 1.165) is 24.1 Å². The number of carbonyl (C=O) groups excluding carboxylic acids is 4. The monoisotopic (exact) mass is 525 g/mol. The number of aromatic nitrogens is 3. The summed E-state index contributed by atoms with van der Waals surface area (Å²) in [6, 6.07) is 3.35. The third-order valence-corrected chi connectivity index (χ3v) is 7.44. The summed E-state index contributed by atoms with van der Waals surface area (Å²) in [4.78, 5) is 60.7. The smallest absolute Gasteiger partial charge is 0.274 e. The lowest BCUT2D eigenvalue weighted by atomic mass is 9.89. The Bertz CT molecular complexity index is 1170. The standard InChI is InChI=1S/C27H39N7O4/c1-18(2)10-14-34-19-8-9-22-20(15-19)25(30-32(22)4)27(38)31(3)16-23(35)29-12-6-13-33(17-24(34)36)26(37)21-7-5-11-28-21/h5,7,11,18-19,28H,6,8-10,12-17H2,1-4H3,(H,29,35). The van der Waals surface area contributed by atoms with Crippen LogP contribution in [0.25, 0.3) is 0 Å². The quantitative estimate of drug-likeness (QED) is 0.621. The van der Waals surface area contributed by atoms with Gasteiger partial charge < -0.3 is 25.0 Å². The lowest BCUT2D eigenvalue weighted by molar-refractivity contribution is -0.134. The molecule has 0 radical (unpaired) electrons. The molecule has 11 heteroatoms. The summed E-state index contributed by atoms with van der Waals surface area (Å²) in [6.45, 7) is 5.35. The van der Waals surface area contributed by atoms with Crippen LogP contribution in [0, 0.1) is 5.92 Å². The molecule has 2 aliphatic rings. The van der Waals surface area contributed by atoms with E-state index in [2.05, 4.69) is 29.2 Å². The Labute approximate surface area is 223 Å². The zero-order chi connectivity index (χ0) is 27.4. The normalized spacial score (nSPS) is 19.8. The Hall–Kier alpha value is -3.63. The van der Waals surface area contributed by atoms with Crippen molar-refractivity contribution in [3.8, 4) is 0 Å². The number of hydrogen-bond acceptors (Lipinski definition) is 5. The highest BCUT2D eigenvalue weighted by atomic mass is 16.2. The van der Waals surface area contributed by atoms with E-state index in [1.54, 1.807) is 35.0 Å². The van der Waals surface area contributed by atoms with Gasteiger partial charge in [-0.25, -0.2) is 0 Å². The van der Waals surface area contributed by atoms with Gasteiger partial charge in [-0.15, -0.1) is 0 Å². The maximum Gasteiger partial charge on any atom is 0.274 e. The van der Waals surface area contributed by atoms with E-state index in [1.807, 2.05) is 11.9 Å². The summed E-state index contributed by atoms with van der Waals surface area (Å²) >= 11 is 0. The van der Waals surface area contributed by atoms with Crippen LogP contribution < -0.4 is 5.32 Å². The maximum absolute atomic E-state index is 13.8. The summed E-state index contributed by atoms with van der Waals surface area (Å²) in [5.41, 5.74) is 2.60. The molecule has 2 aromatic rings. The van der Waals surface area contributed by atoms with E-state index in [1.165, 1.54) is 4.90 Å². The number of rotatable bonds is 4. The molecule has 0 fully saturated rings. The highest BCUT2D eigenvalue weighted by molar-refractivity contribution is 5.97. The van der Waals surface area contributed by atoms with E-state index >= 15 is 0 Å². The summed E-state index contributed by atoms with van der Waals surface area (Å²) in [5, 5.41) is 7.35. The lowest BCUT2D eigenvalue weighted by Crippen LogP contribution is -2.50. The van der Waals surface area contributed by atoms with Gasteiger partial charge in [-0.1, -0.05) is 13.8 Å². The van der Waals surface area contributed by atoms with Gasteiger partial charge >= 0.3 is 0 Å². The molecule has 2 bridgehead atoms. The van der Waals surface area contributed by atoms with Crippen LogP contribution in [0.5, 0.6) is 0 Å². The molecular weight excluding hydrogens is 486 g/mol. The molecule has 0 saturated heterocycles. The molecule has 206 valence electrons. The van der Waals surface area contributed by atoms with Crippen LogP contribution in [0.2, 0.25) is 0 Å². The molecule has 1 atom stereocenters. The highest BCUT2D eigenvalue weighted by Gasteiger charge is 2.35. The lowest BCUT2D eigenvalue weighted by Gasteiger charge is -2.36. The maximum atomic E-state index is 13.8. The van der Waals surface area contributed by atoms with E-state index in [-0.39, 0.29) is 42.8 Å². The van der Waals surface area contributed by atoms with Crippen molar-refractivity contribution < 1.29 is 19.2 Å². The zero-order valence-electron chi connectivity index (χ0n) is 22.8. The number of fused-ring (bicyclic) bond motifs is 1. The molecule has 2 N–H and O–H groups in total. The number of aromatic amines is 1. The second-order valence-electron chi connectivity index (χ2n) is 10.7. The van der Waals surface area contributed by atoms with Crippen LogP contribution >= 0.6 is 0 Å². The average molecular weight is 526 g/mol. The van der Waals surface area contributed by atoms with Gasteiger partial charge in [0.1, 0.15) is 12.2 Å². The topological polar surface area (TPSA) is 124 Å². The van der Waals surface area contributed by atoms with Crippen LogP contribution in [0.1, 0.15) is 65.3 Å². The number of H-pyrrole nitrogens is 1.